The number of anilines is 1. The lowest BCUT2D eigenvalue weighted by molar-refractivity contribution is -0.124. The molecule has 2 aromatic carbocycles. The second-order valence-corrected chi connectivity index (χ2v) is 6.15. The number of nitrogens with zero attached hydrogens (tertiary/aromatic N) is 2. The van der Waals surface area contributed by atoms with E-state index in [1.807, 2.05) is 55.5 Å². The zero-order valence-electron chi connectivity index (χ0n) is 14.7. The summed E-state index contributed by atoms with van der Waals surface area (Å²) in [7, 11) is 1.59. The van der Waals surface area contributed by atoms with Crippen molar-refractivity contribution in [1.82, 2.24) is 4.90 Å². The second-order valence-electron chi connectivity index (χ2n) is 6.15. The van der Waals surface area contributed by atoms with Crippen LogP contribution in [-0.2, 0) is 4.79 Å². The first-order chi connectivity index (χ1) is 12.0. The van der Waals surface area contributed by atoms with Gasteiger partial charge in [0.25, 0.3) is 5.91 Å². The molecule has 0 spiro atoms. The van der Waals surface area contributed by atoms with Gasteiger partial charge in [-0.15, -0.1) is 0 Å². The van der Waals surface area contributed by atoms with Gasteiger partial charge < -0.3 is 14.5 Å². The van der Waals surface area contributed by atoms with Gasteiger partial charge in [-0.25, -0.2) is 0 Å². The standard InChI is InChI=1S/C20H22N2O3/c1-14-8-4-5-9-16(14)20(24)21-12-13-22(19(23)15(21)2)17-10-6-7-11-18(17)25-3/h4-11,15H,12-13H2,1-3H3/t15-/m1/s1. The SMILES string of the molecule is COc1ccccc1N1CCN(C(=O)c2ccccc2C)[C@H](C)C1=O. The van der Waals surface area contributed by atoms with E-state index in [4.69, 9.17) is 4.74 Å². The molecule has 0 aliphatic carbocycles. The van der Waals surface area contributed by atoms with Crippen molar-refractivity contribution in [3.8, 4) is 5.75 Å². The smallest absolute Gasteiger partial charge is 0.254 e. The summed E-state index contributed by atoms with van der Waals surface area (Å²) in [5, 5.41) is 0. The van der Waals surface area contributed by atoms with Crippen LogP contribution in [0.15, 0.2) is 48.5 Å². The van der Waals surface area contributed by atoms with Crippen molar-refractivity contribution in [1.29, 1.82) is 0 Å². The van der Waals surface area contributed by atoms with E-state index in [-0.39, 0.29) is 11.8 Å². The molecule has 2 amide bonds. The summed E-state index contributed by atoms with van der Waals surface area (Å²) in [5.74, 6) is 0.457. The summed E-state index contributed by atoms with van der Waals surface area (Å²) < 4.78 is 5.37. The number of carbonyl (C=O) groups excluding carboxylic acids is 2. The maximum Gasteiger partial charge on any atom is 0.254 e. The molecular weight excluding hydrogens is 316 g/mol. The fraction of sp³-hybridized carbons (Fsp3) is 0.300. The summed E-state index contributed by atoms with van der Waals surface area (Å²) in [4.78, 5) is 29.1. The van der Waals surface area contributed by atoms with Crippen LogP contribution >= 0.6 is 0 Å². The number of methoxy groups -OCH3 is 1. The minimum atomic E-state index is -0.522. The van der Waals surface area contributed by atoms with E-state index in [2.05, 4.69) is 0 Å². The third-order valence-electron chi connectivity index (χ3n) is 4.67. The minimum Gasteiger partial charge on any atom is -0.495 e. The molecule has 1 fully saturated rings. The van der Waals surface area contributed by atoms with Gasteiger partial charge in [0.2, 0.25) is 5.91 Å². The van der Waals surface area contributed by atoms with Crippen LogP contribution in [0.25, 0.3) is 0 Å². The van der Waals surface area contributed by atoms with Crippen molar-refractivity contribution in [3.63, 3.8) is 0 Å². The van der Waals surface area contributed by atoms with E-state index < -0.39 is 6.04 Å². The Morgan fingerprint density at radius 1 is 1.08 bits per heavy atom. The Bertz CT molecular complexity index is 803. The first-order valence-electron chi connectivity index (χ1n) is 8.35. The van der Waals surface area contributed by atoms with Crippen molar-refractivity contribution in [2.45, 2.75) is 19.9 Å². The number of hydrogen-bond acceptors (Lipinski definition) is 3. The number of amides is 2. The molecule has 25 heavy (non-hydrogen) atoms. The van der Waals surface area contributed by atoms with Crippen molar-refractivity contribution in [2.24, 2.45) is 0 Å². The maximum atomic E-state index is 12.9. The molecule has 3 rings (SSSR count). The molecule has 0 unspecified atom stereocenters. The Balaban J connectivity index is 1.85. The molecule has 0 aromatic heterocycles. The van der Waals surface area contributed by atoms with E-state index in [0.717, 1.165) is 11.3 Å². The van der Waals surface area contributed by atoms with Crippen LogP contribution in [0.3, 0.4) is 0 Å². The number of aryl methyl sites for hydroxylation is 1. The molecule has 0 radical (unpaired) electrons. The Morgan fingerprint density at radius 3 is 2.48 bits per heavy atom. The zero-order valence-corrected chi connectivity index (χ0v) is 14.7. The summed E-state index contributed by atoms with van der Waals surface area (Å²) in [6.45, 7) is 4.62. The Morgan fingerprint density at radius 2 is 1.76 bits per heavy atom. The van der Waals surface area contributed by atoms with Gasteiger partial charge in [-0.05, 0) is 37.6 Å². The van der Waals surface area contributed by atoms with Gasteiger partial charge in [0, 0.05) is 18.7 Å². The molecule has 0 saturated carbocycles. The molecule has 5 nitrogen and oxygen atoms in total. The van der Waals surface area contributed by atoms with Crippen LogP contribution < -0.4 is 9.64 Å². The highest BCUT2D eigenvalue weighted by molar-refractivity contribution is 6.04. The van der Waals surface area contributed by atoms with Crippen LogP contribution in [0.1, 0.15) is 22.8 Å². The predicted octanol–water partition coefficient (Wildman–Crippen LogP) is 2.88. The second kappa shape index (κ2) is 6.97. The van der Waals surface area contributed by atoms with E-state index in [0.29, 0.717) is 24.4 Å². The van der Waals surface area contributed by atoms with Gasteiger partial charge in [0.05, 0.1) is 12.8 Å². The number of hydrogen-bond donors (Lipinski definition) is 0. The van der Waals surface area contributed by atoms with Gasteiger partial charge in [0.15, 0.2) is 0 Å². The monoisotopic (exact) mass is 338 g/mol. The van der Waals surface area contributed by atoms with Gasteiger partial charge >= 0.3 is 0 Å². The molecule has 1 saturated heterocycles. The molecule has 5 heteroatoms. The summed E-state index contributed by atoms with van der Waals surface area (Å²) in [6.07, 6.45) is 0. The predicted molar refractivity (Wildman–Crippen MR) is 97.0 cm³/mol. The highest BCUT2D eigenvalue weighted by Gasteiger charge is 2.36. The van der Waals surface area contributed by atoms with Crippen LogP contribution in [0, 0.1) is 6.92 Å². The van der Waals surface area contributed by atoms with Gasteiger partial charge in [-0.3, -0.25) is 9.59 Å². The number of para-hydroxylation sites is 2. The van der Waals surface area contributed by atoms with Crippen molar-refractivity contribution >= 4 is 17.5 Å². The highest BCUT2D eigenvalue weighted by Crippen LogP contribution is 2.30. The van der Waals surface area contributed by atoms with Gasteiger partial charge in [-0.2, -0.15) is 0 Å². The number of piperazine rings is 1. The molecule has 0 N–H and O–H groups in total. The number of ether oxygens (including phenoxy) is 1. The largest absolute Gasteiger partial charge is 0.495 e. The number of carbonyl (C=O) groups is 2. The van der Waals surface area contributed by atoms with Crippen LogP contribution in [-0.4, -0.2) is 43.0 Å². The third-order valence-corrected chi connectivity index (χ3v) is 4.67. The Hall–Kier alpha value is -2.82. The molecule has 0 bridgehead atoms. The maximum absolute atomic E-state index is 12.9. The Labute approximate surface area is 147 Å². The first kappa shape index (κ1) is 17.0. The fourth-order valence-electron chi connectivity index (χ4n) is 3.21. The summed E-state index contributed by atoms with van der Waals surface area (Å²) >= 11 is 0. The van der Waals surface area contributed by atoms with E-state index in [9.17, 15) is 9.59 Å². The summed E-state index contributed by atoms with van der Waals surface area (Å²) in [6, 6.07) is 14.4. The number of benzene rings is 2. The van der Waals surface area contributed by atoms with Gasteiger partial charge in [-0.1, -0.05) is 30.3 Å². The van der Waals surface area contributed by atoms with Gasteiger partial charge in [0.1, 0.15) is 11.8 Å². The van der Waals surface area contributed by atoms with Crippen molar-refractivity contribution in [3.05, 3.63) is 59.7 Å². The minimum absolute atomic E-state index is 0.0985. The molecular formula is C20H22N2O3. The van der Waals surface area contributed by atoms with E-state index in [1.165, 1.54) is 0 Å². The lowest BCUT2D eigenvalue weighted by Crippen LogP contribution is -2.57. The normalized spacial score (nSPS) is 17.6. The quantitative estimate of drug-likeness (QED) is 0.865. The van der Waals surface area contributed by atoms with E-state index in [1.54, 1.807) is 23.8 Å². The van der Waals surface area contributed by atoms with Crippen LogP contribution in [0.4, 0.5) is 5.69 Å². The molecule has 1 aliphatic rings. The molecule has 1 heterocycles. The van der Waals surface area contributed by atoms with Crippen LogP contribution in [0.5, 0.6) is 5.75 Å². The number of rotatable bonds is 3. The fourth-order valence-corrected chi connectivity index (χ4v) is 3.21. The molecule has 2 aromatic rings. The first-order valence-corrected chi connectivity index (χ1v) is 8.35. The van der Waals surface area contributed by atoms with Crippen LogP contribution in [0.2, 0.25) is 0 Å². The van der Waals surface area contributed by atoms with Crippen molar-refractivity contribution < 1.29 is 14.3 Å². The highest BCUT2D eigenvalue weighted by atomic mass is 16.5. The molecule has 1 atom stereocenters. The topological polar surface area (TPSA) is 49.9 Å². The Kier molecular flexibility index (Phi) is 4.74. The zero-order chi connectivity index (χ0) is 18.0. The molecule has 1 aliphatic heterocycles. The average molecular weight is 338 g/mol. The third kappa shape index (κ3) is 3.09. The van der Waals surface area contributed by atoms with Crippen molar-refractivity contribution in [2.75, 3.05) is 25.1 Å². The van der Waals surface area contributed by atoms with E-state index >= 15 is 0 Å². The summed E-state index contributed by atoms with van der Waals surface area (Å²) in [5.41, 5.74) is 2.30. The lowest BCUT2D eigenvalue weighted by Gasteiger charge is -2.39. The molecule has 130 valence electrons. The lowest BCUT2D eigenvalue weighted by atomic mass is 10.0. The average Bonchev–Trinajstić information content (AvgIpc) is 2.64.